The third-order valence-electron chi connectivity index (χ3n) is 3.61. The molecule has 4 nitrogen and oxygen atoms in total. The van der Waals surface area contributed by atoms with Crippen LogP contribution in [0.15, 0.2) is 0 Å². The summed E-state index contributed by atoms with van der Waals surface area (Å²) in [5.41, 5.74) is -0.584. The summed E-state index contributed by atoms with van der Waals surface area (Å²) in [5.74, 6) is 0.352. The molecule has 2 aliphatic carbocycles. The van der Waals surface area contributed by atoms with Crippen LogP contribution in [0.5, 0.6) is 0 Å². The predicted octanol–water partition coefficient (Wildman–Crippen LogP) is 2.20. The molecular weight excluding hydrogens is 204 g/mol. The van der Waals surface area contributed by atoms with Crippen LogP contribution in [-0.2, 0) is 4.74 Å². The molecule has 0 heterocycles. The average Bonchev–Trinajstić information content (AvgIpc) is 2.08. The van der Waals surface area contributed by atoms with Gasteiger partial charge in [0.2, 0.25) is 0 Å². The van der Waals surface area contributed by atoms with Gasteiger partial charge in [0.25, 0.3) is 0 Å². The minimum atomic E-state index is -0.459. The van der Waals surface area contributed by atoms with Gasteiger partial charge in [-0.05, 0) is 46.0 Å². The fraction of sp³-hybridized carbons (Fsp3) is 0.833. The van der Waals surface area contributed by atoms with Crippen molar-refractivity contribution in [3.63, 3.8) is 0 Å². The van der Waals surface area contributed by atoms with Crippen molar-refractivity contribution < 1.29 is 9.53 Å². The molecule has 3 unspecified atom stereocenters. The van der Waals surface area contributed by atoms with Crippen LogP contribution in [0.4, 0.5) is 4.79 Å². The molecule has 0 saturated heterocycles. The van der Waals surface area contributed by atoms with E-state index in [1.807, 2.05) is 20.8 Å². The Labute approximate surface area is 96.0 Å². The lowest BCUT2D eigenvalue weighted by atomic mass is 9.46. The molecule has 1 amide bonds. The summed E-state index contributed by atoms with van der Waals surface area (Å²) in [7, 11) is 0. The van der Waals surface area contributed by atoms with E-state index in [1.54, 1.807) is 0 Å². The number of nitriles is 1. The number of rotatable bonds is 1. The first-order valence-corrected chi connectivity index (χ1v) is 5.77. The molecule has 0 aliphatic heterocycles. The van der Waals surface area contributed by atoms with E-state index in [0.717, 1.165) is 19.3 Å². The standard InChI is InChI=1S/C12H18N2O2/c1-11(2,3)16-10(15)14-9-6-12(7-13)5-4-8(9)12/h8-9H,4-6H2,1-3H3,(H,14,15). The largest absolute Gasteiger partial charge is 0.444 e. The summed E-state index contributed by atoms with van der Waals surface area (Å²) in [6.45, 7) is 5.53. The number of carbonyl (C=O) groups is 1. The van der Waals surface area contributed by atoms with Crippen molar-refractivity contribution in [2.45, 2.75) is 51.7 Å². The lowest BCUT2D eigenvalue weighted by Gasteiger charge is -2.58. The molecule has 0 bridgehead atoms. The number of nitrogens with zero attached hydrogens (tertiary/aromatic N) is 1. The Hall–Kier alpha value is -1.24. The van der Waals surface area contributed by atoms with Crippen molar-refractivity contribution in [1.82, 2.24) is 5.32 Å². The molecule has 0 spiro atoms. The van der Waals surface area contributed by atoms with Gasteiger partial charge in [0, 0.05) is 6.04 Å². The zero-order chi connectivity index (χ0) is 12.0. The van der Waals surface area contributed by atoms with Crippen LogP contribution in [0, 0.1) is 22.7 Å². The molecule has 88 valence electrons. The lowest BCUT2D eigenvalue weighted by molar-refractivity contribution is -0.0612. The Balaban J connectivity index is 1.81. The van der Waals surface area contributed by atoms with Crippen molar-refractivity contribution in [3.8, 4) is 6.07 Å². The van der Waals surface area contributed by atoms with Crippen molar-refractivity contribution >= 4 is 6.09 Å². The molecule has 2 fully saturated rings. The van der Waals surface area contributed by atoms with Gasteiger partial charge in [0.15, 0.2) is 0 Å². The van der Waals surface area contributed by atoms with Gasteiger partial charge in [-0.1, -0.05) is 0 Å². The summed E-state index contributed by atoms with van der Waals surface area (Å²) in [5, 5.41) is 11.9. The van der Waals surface area contributed by atoms with E-state index in [2.05, 4.69) is 11.4 Å². The van der Waals surface area contributed by atoms with Crippen LogP contribution in [0.1, 0.15) is 40.0 Å². The van der Waals surface area contributed by atoms with E-state index in [0.29, 0.717) is 5.92 Å². The maximum absolute atomic E-state index is 11.5. The normalized spacial score (nSPS) is 36.1. The number of ether oxygens (including phenoxy) is 1. The van der Waals surface area contributed by atoms with Gasteiger partial charge >= 0.3 is 6.09 Å². The van der Waals surface area contributed by atoms with Gasteiger partial charge in [0.05, 0.1) is 11.5 Å². The lowest BCUT2D eigenvalue weighted by Crippen LogP contribution is -2.64. The number of hydrogen-bond acceptors (Lipinski definition) is 3. The Morgan fingerprint density at radius 3 is 2.62 bits per heavy atom. The van der Waals surface area contributed by atoms with Crippen LogP contribution in [0.2, 0.25) is 0 Å². The monoisotopic (exact) mass is 222 g/mol. The first kappa shape index (κ1) is 11.3. The molecule has 0 aromatic carbocycles. The Morgan fingerprint density at radius 1 is 1.56 bits per heavy atom. The van der Waals surface area contributed by atoms with Gasteiger partial charge in [-0.3, -0.25) is 0 Å². The van der Waals surface area contributed by atoms with E-state index < -0.39 is 5.60 Å². The second kappa shape index (κ2) is 3.38. The second-order valence-corrected chi connectivity index (χ2v) is 5.87. The first-order valence-electron chi connectivity index (χ1n) is 5.77. The van der Waals surface area contributed by atoms with E-state index in [4.69, 9.17) is 10.00 Å². The van der Waals surface area contributed by atoms with Gasteiger partial charge in [-0.25, -0.2) is 4.79 Å². The third kappa shape index (κ3) is 1.75. The van der Waals surface area contributed by atoms with Crippen molar-refractivity contribution in [1.29, 1.82) is 5.26 Å². The summed E-state index contributed by atoms with van der Waals surface area (Å²) >= 11 is 0. The first-order chi connectivity index (χ1) is 7.36. The number of nitrogens with one attached hydrogen (secondary N) is 1. The highest BCUT2D eigenvalue weighted by molar-refractivity contribution is 5.68. The zero-order valence-corrected chi connectivity index (χ0v) is 10.0. The smallest absolute Gasteiger partial charge is 0.407 e. The van der Waals surface area contributed by atoms with E-state index in [-0.39, 0.29) is 17.6 Å². The van der Waals surface area contributed by atoms with Gasteiger partial charge in [-0.15, -0.1) is 0 Å². The minimum absolute atomic E-state index is 0.125. The molecule has 0 radical (unpaired) electrons. The molecule has 16 heavy (non-hydrogen) atoms. The third-order valence-corrected chi connectivity index (χ3v) is 3.61. The van der Waals surface area contributed by atoms with Crippen LogP contribution in [-0.4, -0.2) is 17.7 Å². The number of fused-ring (bicyclic) bond motifs is 1. The molecule has 0 aromatic heterocycles. The van der Waals surface area contributed by atoms with Crippen LogP contribution in [0.3, 0.4) is 0 Å². The van der Waals surface area contributed by atoms with Crippen LogP contribution >= 0.6 is 0 Å². The molecule has 1 N–H and O–H groups in total. The zero-order valence-electron chi connectivity index (χ0n) is 10.0. The van der Waals surface area contributed by atoms with E-state index in [9.17, 15) is 4.79 Å². The predicted molar refractivity (Wildman–Crippen MR) is 58.5 cm³/mol. The number of amides is 1. The molecular formula is C12H18N2O2. The van der Waals surface area contributed by atoms with Crippen LogP contribution in [0.25, 0.3) is 0 Å². The second-order valence-electron chi connectivity index (χ2n) is 5.87. The number of alkyl carbamates (subject to hydrolysis) is 1. The highest BCUT2D eigenvalue weighted by Gasteiger charge is 2.61. The number of hydrogen-bond donors (Lipinski definition) is 1. The summed E-state index contributed by atoms with van der Waals surface area (Å²) in [4.78, 5) is 11.5. The Bertz CT molecular complexity index is 353. The Kier molecular flexibility index (Phi) is 2.37. The van der Waals surface area contributed by atoms with Gasteiger partial charge in [0.1, 0.15) is 5.60 Å². The van der Waals surface area contributed by atoms with Crippen molar-refractivity contribution in [2.24, 2.45) is 11.3 Å². The van der Waals surface area contributed by atoms with Crippen molar-refractivity contribution in [2.75, 3.05) is 0 Å². The van der Waals surface area contributed by atoms with Crippen molar-refractivity contribution in [3.05, 3.63) is 0 Å². The fourth-order valence-corrected chi connectivity index (χ4v) is 2.67. The quantitative estimate of drug-likeness (QED) is 0.739. The van der Waals surface area contributed by atoms with Crippen LogP contribution < -0.4 is 5.32 Å². The van der Waals surface area contributed by atoms with E-state index >= 15 is 0 Å². The highest BCUT2D eigenvalue weighted by Crippen LogP contribution is 2.60. The molecule has 0 aromatic rings. The summed E-state index contributed by atoms with van der Waals surface area (Å²) in [6.07, 6.45) is 2.46. The summed E-state index contributed by atoms with van der Waals surface area (Å²) in [6, 6.07) is 2.52. The minimum Gasteiger partial charge on any atom is -0.444 e. The maximum Gasteiger partial charge on any atom is 0.407 e. The molecule has 3 atom stereocenters. The number of carbonyl (C=O) groups excluding carboxylic acids is 1. The molecule has 2 saturated carbocycles. The summed E-state index contributed by atoms with van der Waals surface area (Å²) < 4.78 is 5.19. The fourth-order valence-electron chi connectivity index (χ4n) is 2.67. The van der Waals surface area contributed by atoms with Gasteiger partial charge in [-0.2, -0.15) is 5.26 Å². The average molecular weight is 222 g/mol. The molecule has 2 rings (SSSR count). The Morgan fingerprint density at radius 2 is 2.25 bits per heavy atom. The van der Waals surface area contributed by atoms with Gasteiger partial charge < -0.3 is 10.1 Å². The molecule has 2 aliphatic rings. The molecule has 4 heteroatoms. The SMILES string of the molecule is CC(C)(C)OC(=O)NC1CC2(C#N)CCC12. The topological polar surface area (TPSA) is 62.1 Å². The maximum atomic E-state index is 11.5. The van der Waals surface area contributed by atoms with E-state index in [1.165, 1.54) is 0 Å². The highest BCUT2D eigenvalue weighted by atomic mass is 16.6.